The lowest BCUT2D eigenvalue weighted by Crippen LogP contribution is -2.11. The Morgan fingerprint density at radius 3 is 2.68 bits per heavy atom. The fourth-order valence-corrected chi connectivity index (χ4v) is 3.38. The Bertz CT molecular complexity index is 967. The summed E-state index contributed by atoms with van der Waals surface area (Å²) >= 11 is 6.45. The fraction of sp³-hybridized carbons (Fsp3) is 0.200. The number of benzene rings is 2. The number of hydrogen-bond acceptors (Lipinski definition) is 4. The van der Waals surface area contributed by atoms with Gasteiger partial charge in [-0.1, -0.05) is 23.7 Å². The number of fused-ring (bicyclic) bond motifs is 1. The summed E-state index contributed by atoms with van der Waals surface area (Å²) in [6.07, 6.45) is 0.769. The molecule has 0 bridgehead atoms. The highest BCUT2D eigenvalue weighted by Crippen LogP contribution is 2.31. The van der Waals surface area contributed by atoms with Crippen molar-refractivity contribution in [1.29, 1.82) is 0 Å². The molecule has 4 nitrogen and oxygen atoms in total. The number of aromatic nitrogens is 1. The monoisotopic (exact) mass is 351 g/mol. The summed E-state index contributed by atoms with van der Waals surface area (Å²) in [5.41, 5.74) is 8.36. The summed E-state index contributed by atoms with van der Waals surface area (Å²) in [4.78, 5) is 4.56. The molecule has 5 heteroatoms. The van der Waals surface area contributed by atoms with Gasteiger partial charge in [-0.3, -0.25) is 0 Å². The second kappa shape index (κ2) is 6.37. The first-order valence-electron chi connectivity index (χ1n) is 8.17. The summed E-state index contributed by atoms with van der Waals surface area (Å²) in [5.74, 6) is 0.837. The van der Waals surface area contributed by atoms with Crippen molar-refractivity contribution in [3.63, 3.8) is 0 Å². The lowest BCUT2D eigenvalue weighted by molar-refractivity contribution is 0.415. The summed E-state index contributed by atoms with van der Waals surface area (Å²) < 4.78 is 5.21. The van der Waals surface area contributed by atoms with E-state index in [1.165, 1.54) is 5.56 Å². The van der Waals surface area contributed by atoms with Crippen LogP contribution in [0.4, 0.5) is 0 Å². The number of rotatable bonds is 3. The highest BCUT2D eigenvalue weighted by Gasteiger charge is 2.24. The van der Waals surface area contributed by atoms with Crippen LogP contribution in [-0.4, -0.2) is 17.8 Å². The molecule has 3 aromatic rings. The van der Waals surface area contributed by atoms with Gasteiger partial charge >= 0.3 is 0 Å². The van der Waals surface area contributed by atoms with Gasteiger partial charge in [0.15, 0.2) is 0 Å². The molecule has 0 radical (unpaired) electrons. The van der Waals surface area contributed by atoms with Crippen LogP contribution >= 0.6 is 11.6 Å². The normalized spacial score (nSPS) is 16.6. The maximum absolute atomic E-state index is 6.45. The van der Waals surface area contributed by atoms with E-state index >= 15 is 0 Å². The Labute approximate surface area is 151 Å². The van der Waals surface area contributed by atoms with Gasteiger partial charge in [-0.05, 0) is 54.4 Å². The van der Waals surface area contributed by atoms with Gasteiger partial charge in [0.2, 0.25) is 0 Å². The number of methoxy groups -OCH3 is 1. The van der Waals surface area contributed by atoms with Crippen molar-refractivity contribution in [3.8, 4) is 5.75 Å². The van der Waals surface area contributed by atoms with Crippen LogP contribution in [0.1, 0.15) is 29.2 Å². The Hall–Kier alpha value is -2.59. The lowest BCUT2D eigenvalue weighted by Gasteiger charge is -2.13. The molecule has 1 aliphatic rings. The van der Waals surface area contributed by atoms with Gasteiger partial charge in [0.1, 0.15) is 10.9 Å². The van der Waals surface area contributed by atoms with E-state index in [1.807, 2.05) is 30.3 Å². The predicted octanol–water partition coefficient (Wildman–Crippen LogP) is 4.64. The van der Waals surface area contributed by atoms with Crippen LogP contribution in [0.25, 0.3) is 10.9 Å². The molecule has 0 saturated carbocycles. The van der Waals surface area contributed by atoms with E-state index in [0.717, 1.165) is 39.9 Å². The molecule has 126 valence electrons. The highest BCUT2D eigenvalue weighted by molar-refractivity contribution is 6.30. The summed E-state index contributed by atoms with van der Waals surface area (Å²) in [5, 5.41) is 6.11. The molecule has 2 aromatic carbocycles. The zero-order chi connectivity index (χ0) is 17.4. The topological polar surface area (TPSA) is 46.5 Å². The minimum Gasteiger partial charge on any atom is -0.497 e. The zero-order valence-electron chi connectivity index (χ0n) is 14.1. The first kappa shape index (κ1) is 15.9. The standard InChI is InChI=1S/C20H18ClN3O/c1-12-3-4-14-10-16(20(21)22-17(14)9-12)19-11-18(23-24-19)13-5-7-15(25-2)8-6-13/h3-10,19,24H,11H2,1-2H3/t19-/m1/s1. The molecule has 25 heavy (non-hydrogen) atoms. The van der Waals surface area contributed by atoms with Crippen molar-refractivity contribution in [2.75, 3.05) is 7.11 Å². The molecule has 0 fully saturated rings. The van der Waals surface area contributed by atoms with Crippen LogP contribution in [-0.2, 0) is 0 Å². The molecule has 0 aliphatic carbocycles. The first-order valence-corrected chi connectivity index (χ1v) is 8.55. The number of aryl methyl sites for hydroxylation is 1. The van der Waals surface area contributed by atoms with Crippen molar-refractivity contribution in [2.24, 2.45) is 5.10 Å². The van der Waals surface area contributed by atoms with Crippen LogP contribution in [0.5, 0.6) is 5.75 Å². The Morgan fingerprint density at radius 2 is 1.92 bits per heavy atom. The van der Waals surface area contributed by atoms with Crippen molar-refractivity contribution in [2.45, 2.75) is 19.4 Å². The van der Waals surface area contributed by atoms with Crippen molar-refractivity contribution in [3.05, 3.63) is 70.4 Å². The van der Waals surface area contributed by atoms with Gasteiger partial charge < -0.3 is 10.2 Å². The zero-order valence-corrected chi connectivity index (χ0v) is 14.8. The van der Waals surface area contributed by atoms with Crippen molar-refractivity contribution >= 4 is 28.2 Å². The van der Waals surface area contributed by atoms with E-state index in [0.29, 0.717) is 5.15 Å². The Kier molecular flexibility index (Phi) is 4.06. The number of pyridine rings is 1. The van der Waals surface area contributed by atoms with Crippen molar-refractivity contribution in [1.82, 2.24) is 10.4 Å². The SMILES string of the molecule is COc1ccc(C2=NN[C@@H](c3cc4ccc(C)cc4nc3Cl)C2)cc1. The van der Waals surface area contributed by atoms with Crippen LogP contribution in [0.15, 0.2) is 53.6 Å². The fourth-order valence-electron chi connectivity index (χ4n) is 3.10. The van der Waals surface area contributed by atoms with Crippen LogP contribution in [0, 0.1) is 6.92 Å². The molecule has 0 spiro atoms. The average Bonchev–Trinajstić information content (AvgIpc) is 3.11. The molecule has 2 heterocycles. The lowest BCUT2D eigenvalue weighted by atomic mass is 9.99. The van der Waals surface area contributed by atoms with Gasteiger partial charge in [-0.2, -0.15) is 5.10 Å². The van der Waals surface area contributed by atoms with Gasteiger partial charge in [0.05, 0.1) is 24.4 Å². The van der Waals surface area contributed by atoms with E-state index < -0.39 is 0 Å². The third kappa shape index (κ3) is 3.05. The number of hydrogen-bond donors (Lipinski definition) is 1. The number of nitrogens with one attached hydrogen (secondary N) is 1. The third-order valence-corrected chi connectivity index (χ3v) is 4.81. The number of hydrazone groups is 1. The molecule has 0 unspecified atom stereocenters. The summed E-state index contributed by atoms with van der Waals surface area (Å²) in [6.45, 7) is 2.05. The molecular formula is C20H18ClN3O. The molecule has 1 aliphatic heterocycles. The minimum atomic E-state index is 0.0304. The number of nitrogens with zero attached hydrogens (tertiary/aromatic N) is 2. The molecule has 4 rings (SSSR count). The summed E-state index contributed by atoms with van der Waals surface area (Å²) in [7, 11) is 1.66. The van der Waals surface area contributed by atoms with E-state index in [9.17, 15) is 0 Å². The Balaban J connectivity index is 1.60. The first-order chi connectivity index (χ1) is 12.1. The smallest absolute Gasteiger partial charge is 0.135 e. The van der Waals surface area contributed by atoms with E-state index in [1.54, 1.807) is 7.11 Å². The van der Waals surface area contributed by atoms with Gasteiger partial charge in [0.25, 0.3) is 0 Å². The van der Waals surface area contributed by atoms with Crippen molar-refractivity contribution < 1.29 is 4.74 Å². The van der Waals surface area contributed by atoms with Crippen LogP contribution in [0.2, 0.25) is 5.15 Å². The molecule has 0 amide bonds. The molecule has 0 saturated heterocycles. The molecule has 1 atom stereocenters. The number of ether oxygens (including phenoxy) is 1. The molecule has 1 N–H and O–H groups in total. The minimum absolute atomic E-state index is 0.0304. The van der Waals surface area contributed by atoms with Crippen LogP contribution in [0.3, 0.4) is 0 Å². The summed E-state index contributed by atoms with van der Waals surface area (Å²) in [6, 6.07) is 16.3. The van der Waals surface area contributed by atoms with E-state index in [2.05, 4.69) is 40.6 Å². The largest absolute Gasteiger partial charge is 0.497 e. The average molecular weight is 352 g/mol. The molecule has 1 aromatic heterocycles. The van der Waals surface area contributed by atoms with Gasteiger partial charge in [-0.15, -0.1) is 0 Å². The number of halogens is 1. The second-order valence-electron chi connectivity index (χ2n) is 6.24. The van der Waals surface area contributed by atoms with Gasteiger partial charge in [-0.25, -0.2) is 4.98 Å². The quantitative estimate of drug-likeness (QED) is 0.699. The van der Waals surface area contributed by atoms with Crippen LogP contribution < -0.4 is 10.2 Å². The maximum Gasteiger partial charge on any atom is 0.135 e. The highest BCUT2D eigenvalue weighted by atomic mass is 35.5. The van der Waals surface area contributed by atoms with Gasteiger partial charge in [0, 0.05) is 17.4 Å². The third-order valence-electron chi connectivity index (χ3n) is 4.51. The predicted molar refractivity (Wildman–Crippen MR) is 102 cm³/mol. The molecular weight excluding hydrogens is 334 g/mol. The second-order valence-corrected chi connectivity index (χ2v) is 6.60. The Morgan fingerprint density at radius 1 is 1.12 bits per heavy atom. The van der Waals surface area contributed by atoms with E-state index in [4.69, 9.17) is 16.3 Å². The van der Waals surface area contributed by atoms with E-state index in [-0.39, 0.29) is 6.04 Å². The maximum atomic E-state index is 6.45.